The molecule has 3 heteroatoms. The van der Waals surface area contributed by atoms with Crippen LogP contribution in [0.5, 0.6) is 0 Å². The van der Waals surface area contributed by atoms with E-state index < -0.39 is 0 Å². The maximum Gasteiger partial charge on any atom is 0.0254 e. The first-order valence-corrected chi connectivity index (χ1v) is 9.16. The predicted molar refractivity (Wildman–Crippen MR) is 91.8 cm³/mol. The van der Waals surface area contributed by atoms with Gasteiger partial charge in [0.2, 0.25) is 0 Å². The minimum Gasteiger partial charge on any atom is -0.316 e. The van der Waals surface area contributed by atoms with Crippen molar-refractivity contribution in [3.8, 4) is 0 Å². The highest BCUT2D eigenvalue weighted by molar-refractivity contribution is 4.93. The molecule has 1 N–H and O–H groups in total. The van der Waals surface area contributed by atoms with Crippen LogP contribution in [0, 0.1) is 11.3 Å². The van der Waals surface area contributed by atoms with E-state index in [9.17, 15) is 0 Å². The standard InChI is InChI=1S/C18H37N3/c1-5-11-19-14-18(9-7-6-8-10-18)15-21-12-16(2)17(13-21)20(3)4/h16-17,19H,5-15H2,1-4H3. The third kappa shape index (κ3) is 4.67. The lowest BCUT2D eigenvalue weighted by Crippen LogP contribution is -2.45. The molecule has 0 bridgehead atoms. The van der Waals surface area contributed by atoms with E-state index in [1.54, 1.807) is 0 Å². The van der Waals surface area contributed by atoms with E-state index in [1.807, 2.05) is 0 Å². The normalized spacial score (nSPS) is 30.1. The van der Waals surface area contributed by atoms with Crippen LogP contribution in [0.15, 0.2) is 0 Å². The van der Waals surface area contributed by atoms with Crippen LogP contribution in [0.3, 0.4) is 0 Å². The number of hydrogen-bond donors (Lipinski definition) is 1. The van der Waals surface area contributed by atoms with Gasteiger partial charge in [-0.15, -0.1) is 0 Å². The van der Waals surface area contributed by atoms with Crippen LogP contribution in [-0.4, -0.2) is 62.7 Å². The van der Waals surface area contributed by atoms with Crippen LogP contribution < -0.4 is 5.32 Å². The summed E-state index contributed by atoms with van der Waals surface area (Å²) in [4.78, 5) is 5.18. The first-order chi connectivity index (χ1) is 10.1. The molecule has 2 atom stereocenters. The fourth-order valence-electron chi connectivity index (χ4n) is 4.55. The molecule has 0 spiro atoms. The predicted octanol–water partition coefficient (Wildman–Crippen LogP) is 2.82. The summed E-state index contributed by atoms with van der Waals surface area (Å²) in [5.41, 5.74) is 0.550. The van der Waals surface area contributed by atoms with Gasteiger partial charge >= 0.3 is 0 Å². The lowest BCUT2D eigenvalue weighted by atomic mass is 9.73. The van der Waals surface area contributed by atoms with Crippen LogP contribution in [0.4, 0.5) is 0 Å². The molecule has 1 saturated carbocycles. The van der Waals surface area contributed by atoms with E-state index in [1.165, 1.54) is 71.2 Å². The molecule has 0 aromatic heterocycles. The minimum atomic E-state index is 0.550. The summed E-state index contributed by atoms with van der Waals surface area (Å²) in [6.45, 7) is 11.0. The Balaban J connectivity index is 1.92. The van der Waals surface area contributed by atoms with Crippen molar-refractivity contribution < 1.29 is 0 Å². The van der Waals surface area contributed by atoms with Gasteiger partial charge in [0.1, 0.15) is 0 Å². The molecule has 1 aliphatic carbocycles. The lowest BCUT2D eigenvalue weighted by Gasteiger charge is -2.40. The molecule has 1 saturated heterocycles. The quantitative estimate of drug-likeness (QED) is 0.729. The van der Waals surface area contributed by atoms with Gasteiger partial charge in [-0.2, -0.15) is 0 Å². The first kappa shape index (κ1) is 17.2. The SMILES string of the molecule is CCCNCC1(CN2CC(C)C(N(C)C)C2)CCCCC1. The highest BCUT2D eigenvalue weighted by Crippen LogP contribution is 2.38. The number of likely N-dealkylation sites (tertiary alicyclic amines) is 1. The van der Waals surface area contributed by atoms with Crippen LogP contribution in [0.2, 0.25) is 0 Å². The zero-order valence-corrected chi connectivity index (χ0v) is 14.8. The van der Waals surface area contributed by atoms with Crippen molar-refractivity contribution in [3.05, 3.63) is 0 Å². The molecule has 0 amide bonds. The largest absolute Gasteiger partial charge is 0.316 e. The number of nitrogens with one attached hydrogen (secondary N) is 1. The van der Waals surface area contributed by atoms with E-state index in [2.05, 4.69) is 43.1 Å². The summed E-state index contributed by atoms with van der Waals surface area (Å²) in [5, 5.41) is 3.73. The van der Waals surface area contributed by atoms with Gasteiger partial charge in [0.15, 0.2) is 0 Å². The van der Waals surface area contributed by atoms with E-state index in [-0.39, 0.29) is 0 Å². The van der Waals surface area contributed by atoms with Gasteiger partial charge in [-0.1, -0.05) is 33.1 Å². The van der Waals surface area contributed by atoms with Crippen molar-refractivity contribution >= 4 is 0 Å². The Morgan fingerprint density at radius 3 is 2.43 bits per heavy atom. The first-order valence-electron chi connectivity index (χ1n) is 9.16. The van der Waals surface area contributed by atoms with E-state index in [4.69, 9.17) is 0 Å². The Labute approximate surface area is 132 Å². The second kappa shape index (κ2) is 7.94. The molecule has 2 rings (SSSR count). The van der Waals surface area contributed by atoms with Gasteiger partial charge in [-0.25, -0.2) is 0 Å². The summed E-state index contributed by atoms with van der Waals surface area (Å²) in [6.07, 6.45) is 8.44. The Morgan fingerprint density at radius 2 is 1.86 bits per heavy atom. The maximum absolute atomic E-state index is 3.73. The molecule has 124 valence electrons. The van der Waals surface area contributed by atoms with Crippen molar-refractivity contribution in [1.29, 1.82) is 0 Å². The molecule has 2 fully saturated rings. The number of likely N-dealkylation sites (N-methyl/N-ethyl adjacent to an activating group) is 1. The number of nitrogens with zero attached hydrogens (tertiary/aromatic N) is 2. The molecular weight excluding hydrogens is 258 g/mol. The fourth-order valence-corrected chi connectivity index (χ4v) is 4.55. The molecule has 3 nitrogen and oxygen atoms in total. The van der Waals surface area contributed by atoms with Gasteiger partial charge < -0.3 is 15.1 Å². The molecule has 2 unspecified atom stereocenters. The zero-order chi connectivity index (χ0) is 15.3. The third-order valence-electron chi connectivity index (χ3n) is 5.71. The fraction of sp³-hybridized carbons (Fsp3) is 1.00. The molecule has 1 aliphatic heterocycles. The second-order valence-corrected chi connectivity index (χ2v) is 7.94. The molecule has 0 aromatic rings. The average molecular weight is 296 g/mol. The van der Waals surface area contributed by atoms with Crippen LogP contribution in [0.1, 0.15) is 52.4 Å². The summed E-state index contributed by atoms with van der Waals surface area (Å²) in [6, 6.07) is 0.745. The van der Waals surface area contributed by atoms with Crippen molar-refractivity contribution in [2.45, 2.75) is 58.4 Å². The topological polar surface area (TPSA) is 18.5 Å². The summed E-state index contributed by atoms with van der Waals surface area (Å²) < 4.78 is 0. The van der Waals surface area contributed by atoms with Crippen molar-refractivity contribution in [3.63, 3.8) is 0 Å². The van der Waals surface area contributed by atoms with Crippen LogP contribution in [0.25, 0.3) is 0 Å². The Kier molecular flexibility index (Phi) is 6.51. The zero-order valence-electron chi connectivity index (χ0n) is 14.8. The van der Waals surface area contributed by atoms with E-state index in [0.29, 0.717) is 5.41 Å². The molecule has 0 radical (unpaired) electrons. The van der Waals surface area contributed by atoms with Gasteiger partial charge in [-0.05, 0) is 51.2 Å². The summed E-state index contributed by atoms with van der Waals surface area (Å²) in [5.74, 6) is 0.809. The summed E-state index contributed by atoms with van der Waals surface area (Å²) >= 11 is 0. The Bertz CT molecular complexity index is 297. The lowest BCUT2D eigenvalue weighted by molar-refractivity contribution is 0.112. The highest BCUT2D eigenvalue weighted by atomic mass is 15.2. The molecule has 0 aromatic carbocycles. The van der Waals surface area contributed by atoms with Gasteiger partial charge in [0.05, 0.1) is 0 Å². The molecule has 1 heterocycles. The molecule has 2 aliphatic rings. The number of hydrogen-bond acceptors (Lipinski definition) is 3. The van der Waals surface area contributed by atoms with Crippen LogP contribution in [-0.2, 0) is 0 Å². The van der Waals surface area contributed by atoms with Crippen LogP contribution >= 0.6 is 0 Å². The van der Waals surface area contributed by atoms with E-state index >= 15 is 0 Å². The van der Waals surface area contributed by atoms with Gasteiger partial charge in [0, 0.05) is 32.2 Å². The van der Waals surface area contributed by atoms with Crippen molar-refractivity contribution in [2.75, 3.05) is 46.8 Å². The average Bonchev–Trinajstić information content (AvgIpc) is 2.81. The van der Waals surface area contributed by atoms with Crippen molar-refractivity contribution in [2.24, 2.45) is 11.3 Å². The van der Waals surface area contributed by atoms with Gasteiger partial charge in [-0.3, -0.25) is 0 Å². The maximum atomic E-state index is 3.73. The monoisotopic (exact) mass is 295 g/mol. The number of rotatable bonds is 7. The second-order valence-electron chi connectivity index (χ2n) is 7.94. The highest BCUT2D eigenvalue weighted by Gasteiger charge is 2.38. The van der Waals surface area contributed by atoms with Gasteiger partial charge in [0.25, 0.3) is 0 Å². The summed E-state index contributed by atoms with van der Waals surface area (Å²) in [7, 11) is 4.48. The Morgan fingerprint density at radius 1 is 1.14 bits per heavy atom. The van der Waals surface area contributed by atoms with E-state index in [0.717, 1.165) is 12.0 Å². The minimum absolute atomic E-state index is 0.550. The Hall–Kier alpha value is -0.120. The van der Waals surface area contributed by atoms with Crippen molar-refractivity contribution in [1.82, 2.24) is 15.1 Å². The smallest absolute Gasteiger partial charge is 0.0254 e. The molecule has 21 heavy (non-hydrogen) atoms. The third-order valence-corrected chi connectivity index (χ3v) is 5.71. The molecular formula is C18H37N3.